The monoisotopic (exact) mass is 240 g/mol. The van der Waals surface area contributed by atoms with Gasteiger partial charge in [0.05, 0.1) is 18.4 Å². The number of amides is 1. The number of nitrogens with two attached hydrogens (primary N) is 2. The van der Waals surface area contributed by atoms with Gasteiger partial charge in [-0.25, -0.2) is 0 Å². The Morgan fingerprint density at radius 2 is 2.12 bits per heavy atom. The largest absolute Gasteiger partial charge is 0.468 e. The molecule has 0 saturated carbocycles. The quantitative estimate of drug-likeness (QED) is 0.457. The number of carbonyl (C=O) groups is 2. The summed E-state index contributed by atoms with van der Waals surface area (Å²) < 4.78 is 4.50. The molecule has 0 aromatic heterocycles. The average molecular weight is 240 g/mol. The van der Waals surface area contributed by atoms with Crippen LogP contribution in [0.1, 0.15) is 10.4 Å². The van der Waals surface area contributed by atoms with Crippen molar-refractivity contribution >= 4 is 29.3 Å². The maximum atomic E-state index is 11.0. The minimum Gasteiger partial charge on any atom is -0.468 e. The summed E-state index contributed by atoms with van der Waals surface area (Å²) in [5, 5.41) is 0. The first-order valence-electron chi connectivity index (χ1n) is 4.43. The normalized spacial score (nSPS) is 9.81. The van der Waals surface area contributed by atoms with Crippen molar-refractivity contribution in [3.8, 4) is 0 Å². The molecule has 16 heavy (non-hydrogen) atoms. The highest BCUT2D eigenvalue weighted by atomic mass is 32.2. The van der Waals surface area contributed by atoms with E-state index in [2.05, 4.69) is 4.74 Å². The molecule has 5 nitrogen and oxygen atoms in total. The molecule has 0 spiro atoms. The zero-order valence-electron chi connectivity index (χ0n) is 8.73. The molecule has 1 amide bonds. The van der Waals surface area contributed by atoms with Gasteiger partial charge in [-0.3, -0.25) is 9.59 Å². The number of thioether (sulfide) groups is 1. The maximum Gasteiger partial charge on any atom is 0.315 e. The molecule has 6 heteroatoms. The molecule has 0 radical (unpaired) electrons. The van der Waals surface area contributed by atoms with Crippen LogP contribution in [0.15, 0.2) is 23.1 Å². The number of anilines is 1. The Morgan fingerprint density at radius 1 is 1.44 bits per heavy atom. The number of carbonyl (C=O) groups excluding carboxylic acids is 2. The van der Waals surface area contributed by atoms with Crippen LogP contribution in [0.3, 0.4) is 0 Å². The minimum absolute atomic E-state index is 0.179. The number of rotatable bonds is 4. The Kier molecular flexibility index (Phi) is 4.19. The van der Waals surface area contributed by atoms with E-state index in [4.69, 9.17) is 11.5 Å². The van der Waals surface area contributed by atoms with Crippen molar-refractivity contribution in [3.63, 3.8) is 0 Å². The fourth-order valence-electron chi connectivity index (χ4n) is 1.04. The third-order valence-corrected chi connectivity index (χ3v) is 2.84. The number of ether oxygens (including phenoxy) is 1. The zero-order valence-corrected chi connectivity index (χ0v) is 9.54. The maximum absolute atomic E-state index is 11.0. The molecule has 0 bridgehead atoms. The van der Waals surface area contributed by atoms with Gasteiger partial charge in [0.25, 0.3) is 5.91 Å². The number of nitrogen functional groups attached to an aromatic ring is 1. The standard InChI is InChI=1S/C10H12N2O3S/c1-15-9(13)5-16-6-2-3-8(11)7(4-6)10(12)14/h2-4H,5,11H2,1H3,(H2,12,14). The first kappa shape index (κ1) is 12.4. The predicted molar refractivity (Wildman–Crippen MR) is 62.1 cm³/mol. The van der Waals surface area contributed by atoms with E-state index in [1.54, 1.807) is 18.2 Å². The van der Waals surface area contributed by atoms with Crippen LogP contribution >= 0.6 is 11.8 Å². The molecule has 0 aliphatic carbocycles. The van der Waals surface area contributed by atoms with Gasteiger partial charge in [0.15, 0.2) is 0 Å². The zero-order chi connectivity index (χ0) is 12.1. The summed E-state index contributed by atoms with van der Waals surface area (Å²) in [5.41, 5.74) is 11.3. The molecule has 0 atom stereocenters. The lowest BCUT2D eigenvalue weighted by molar-refractivity contribution is -0.137. The summed E-state index contributed by atoms with van der Waals surface area (Å²) in [7, 11) is 1.32. The Morgan fingerprint density at radius 3 is 2.69 bits per heavy atom. The molecule has 0 heterocycles. The number of hydrogen-bond acceptors (Lipinski definition) is 5. The number of primary amides is 1. The lowest BCUT2D eigenvalue weighted by Gasteiger charge is -2.05. The number of methoxy groups -OCH3 is 1. The SMILES string of the molecule is COC(=O)CSc1ccc(N)c(C(N)=O)c1. The summed E-state index contributed by atoms with van der Waals surface area (Å²) >= 11 is 1.26. The van der Waals surface area contributed by atoms with E-state index in [1.807, 2.05) is 0 Å². The van der Waals surface area contributed by atoms with Crippen LogP contribution in [0.2, 0.25) is 0 Å². The van der Waals surface area contributed by atoms with Gasteiger partial charge in [0, 0.05) is 10.6 Å². The second-order valence-corrected chi connectivity index (χ2v) is 4.03. The average Bonchev–Trinajstić information content (AvgIpc) is 2.27. The highest BCUT2D eigenvalue weighted by molar-refractivity contribution is 8.00. The van der Waals surface area contributed by atoms with Crippen molar-refractivity contribution in [1.82, 2.24) is 0 Å². The van der Waals surface area contributed by atoms with Crippen LogP contribution in [-0.4, -0.2) is 24.7 Å². The van der Waals surface area contributed by atoms with Crippen LogP contribution in [-0.2, 0) is 9.53 Å². The molecule has 1 aromatic rings. The first-order chi connectivity index (χ1) is 7.54. The predicted octanol–water partition coefficient (Wildman–Crippen LogP) is 0.633. The van der Waals surface area contributed by atoms with Gasteiger partial charge in [-0.1, -0.05) is 0 Å². The topological polar surface area (TPSA) is 95.4 Å². The molecule has 0 unspecified atom stereocenters. The summed E-state index contributed by atoms with van der Waals surface area (Å²) in [5.74, 6) is -0.737. The molecule has 86 valence electrons. The van der Waals surface area contributed by atoms with Gasteiger partial charge < -0.3 is 16.2 Å². The lowest BCUT2D eigenvalue weighted by Crippen LogP contribution is -2.13. The molecule has 0 saturated heterocycles. The molecule has 0 aliphatic rings. The summed E-state index contributed by atoms with van der Waals surface area (Å²) in [6, 6.07) is 4.86. The molecule has 1 aromatic carbocycles. The molecule has 1 rings (SSSR count). The van der Waals surface area contributed by atoms with E-state index in [0.29, 0.717) is 5.69 Å². The summed E-state index contributed by atoms with van der Waals surface area (Å²) in [4.78, 5) is 22.7. The van der Waals surface area contributed by atoms with Crippen LogP contribution in [0, 0.1) is 0 Å². The Hall–Kier alpha value is -1.69. The fourth-order valence-corrected chi connectivity index (χ4v) is 1.81. The Balaban J connectivity index is 2.79. The molecule has 0 fully saturated rings. The Bertz CT molecular complexity index is 421. The van der Waals surface area contributed by atoms with Crippen molar-refractivity contribution in [2.75, 3.05) is 18.6 Å². The lowest BCUT2D eigenvalue weighted by atomic mass is 10.2. The van der Waals surface area contributed by atoms with Crippen molar-refractivity contribution in [1.29, 1.82) is 0 Å². The smallest absolute Gasteiger partial charge is 0.315 e. The van der Waals surface area contributed by atoms with Crippen molar-refractivity contribution in [2.24, 2.45) is 5.73 Å². The second-order valence-electron chi connectivity index (χ2n) is 2.98. The molecule has 4 N–H and O–H groups in total. The van der Waals surface area contributed by atoms with Crippen LogP contribution < -0.4 is 11.5 Å². The number of hydrogen-bond donors (Lipinski definition) is 2. The van der Waals surface area contributed by atoms with Crippen LogP contribution in [0.4, 0.5) is 5.69 Å². The van der Waals surface area contributed by atoms with Crippen molar-refractivity contribution < 1.29 is 14.3 Å². The third kappa shape index (κ3) is 3.16. The molecule has 0 aliphatic heterocycles. The Labute approximate surface area is 97.1 Å². The van der Waals surface area contributed by atoms with E-state index in [9.17, 15) is 9.59 Å². The van der Waals surface area contributed by atoms with Gasteiger partial charge in [0.1, 0.15) is 0 Å². The van der Waals surface area contributed by atoms with Gasteiger partial charge in [-0.2, -0.15) is 0 Å². The molecular formula is C10H12N2O3S. The van der Waals surface area contributed by atoms with Crippen LogP contribution in [0.5, 0.6) is 0 Å². The summed E-state index contributed by atoms with van der Waals surface area (Å²) in [6.45, 7) is 0. The van der Waals surface area contributed by atoms with E-state index in [-0.39, 0.29) is 17.3 Å². The second kappa shape index (κ2) is 5.41. The van der Waals surface area contributed by atoms with Gasteiger partial charge >= 0.3 is 5.97 Å². The van der Waals surface area contributed by atoms with E-state index in [0.717, 1.165) is 4.90 Å². The highest BCUT2D eigenvalue weighted by Crippen LogP contribution is 2.22. The van der Waals surface area contributed by atoms with Gasteiger partial charge in [0.2, 0.25) is 0 Å². The first-order valence-corrected chi connectivity index (χ1v) is 5.42. The minimum atomic E-state index is -0.585. The van der Waals surface area contributed by atoms with E-state index >= 15 is 0 Å². The van der Waals surface area contributed by atoms with Crippen LogP contribution in [0.25, 0.3) is 0 Å². The van der Waals surface area contributed by atoms with E-state index in [1.165, 1.54) is 18.9 Å². The van der Waals surface area contributed by atoms with Gasteiger partial charge in [-0.05, 0) is 18.2 Å². The number of benzene rings is 1. The third-order valence-electron chi connectivity index (χ3n) is 1.87. The van der Waals surface area contributed by atoms with E-state index < -0.39 is 5.91 Å². The fraction of sp³-hybridized carbons (Fsp3) is 0.200. The van der Waals surface area contributed by atoms with Crippen molar-refractivity contribution in [3.05, 3.63) is 23.8 Å². The summed E-state index contributed by atoms with van der Waals surface area (Å²) in [6.07, 6.45) is 0. The highest BCUT2D eigenvalue weighted by Gasteiger charge is 2.08. The van der Waals surface area contributed by atoms with Crippen molar-refractivity contribution in [2.45, 2.75) is 4.90 Å². The number of esters is 1. The molecular weight excluding hydrogens is 228 g/mol. The van der Waals surface area contributed by atoms with Gasteiger partial charge in [-0.15, -0.1) is 11.8 Å².